The van der Waals surface area contributed by atoms with Crippen molar-refractivity contribution in [2.24, 2.45) is 0 Å². The molecule has 6 nitrogen and oxygen atoms in total. The van der Waals surface area contributed by atoms with E-state index in [4.69, 9.17) is 0 Å². The summed E-state index contributed by atoms with van der Waals surface area (Å²) in [5.74, 6) is 0.601. The molecule has 0 bridgehead atoms. The second kappa shape index (κ2) is 9.47. The summed E-state index contributed by atoms with van der Waals surface area (Å²) in [7, 11) is 3.96. The fraction of sp³-hybridized carbons (Fsp3) is 0.591. The molecule has 1 amide bonds. The van der Waals surface area contributed by atoms with Gasteiger partial charge in [-0.25, -0.2) is 4.39 Å². The Morgan fingerprint density at radius 2 is 1.73 bits per heavy atom. The van der Waals surface area contributed by atoms with Gasteiger partial charge in [0.05, 0.1) is 11.3 Å². The zero-order valence-corrected chi connectivity index (χ0v) is 19.5. The maximum atomic E-state index is 13.5. The van der Waals surface area contributed by atoms with Crippen molar-refractivity contribution in [1.82, 2.24) is 24.6 Å². The number of carbonyl (C=O) groups excluding carboxylic acids is 1. The number of hydrogen-bond donors (Lipinski definition) is 0. The number of hydrogen-bond acceptors (Lipinski definition) is 5. The Labute approximate surface area is 182 Å². The van der Waals surface area contributed by atoms with Crippen LogP contribution in [0.3, 0.4) is 0 Å². The minimum atomic E-state index is -0.293. The molecule has 0 radical (unpaired) electrons. The van der Waals surface area contributed by atoms with Gasteiger partial charge < -0.3 is 4.90 Å². The molecular formula is C22H32FN5OS. The average molecular weight is 434 g/mol. The lowest BCUT2D eigenvalue weighted by Crippen LogP contribution is -2.50. The molecular weight excluding hydrogens is 401 g/mol. The van der Waals surface area contributed by atoms with Crippen molar-refractivity contribution in [2.75, 3.05) is 14.1 Å². The average Bonchev–Trinajstić information content (AvgIpc) is 3.10. The van der Waals surface area contributed by atoms with Gasteiger partial charge in [-0.05, 0) is 85.3 Å². The largest absolute Gasteiger partial charge is 0.336 e. The number of amides is 1. The number of aromatic nitrogens is 3. The van der Waals surface area contributed by atoms with Gasteiger partial charge in [0.1, 0.15) is 5.82 Å². The van der Waals surface area contributed by atoms with Gasteiger partial charge in [-0.1, -0.05) is 11.8 Å². The molecule has 4 atom stereocenters. The van der Waals surface area contributed by atoms with E-state index >= 15 is 0 Å². The number of carbonyl (C=O) groups is 1. The van der Waals surface area contributed by atoms with Crippen molar-refractivity contribution in [2.45, 2.75) is 75.5 Å². The van der Waals surface area contributed by atoms with E-state index in [9.17, 15) is 9.18 Å². The summed E-state index contributed by atoms with van der Waals surface area (Å²) in [4.78, 5) is 17.3. The zero-order chi connectivity index (χ0) is 22.0. The van der Waals surface area contributed by atoms with E-state index in [0.29, 0.717) is 5.16 Å². The molecule has 0 saturated carbocycles. The summed E-state index contributed by atoms with van der Waals surface area (Å²) in [5.41, 5.74) is 0.784. The topological polar surface area (TPSA) is 54.3 Å². The predicted octanol–water partition coefficient (Wildman–Crippen LogP) is 4.30. The highest BCUT2D eigenvalue weighted by atomic mass is 32.2. The number of thioether (sulfide) groups is 1. The smallest absolute Gasteiger partial charge is 0.236 e. The summed E-state index contributed by atoms with van der Waals surface area (Å²) in [6.45, 7) is 8.23. The second-order valence-corrected chi connectivity index (χ2v) is 9.73. The van der Waals surface area contributed by atoms with Gasteiger partial charge in [-0.2, -0.15) is 0 Å². The minimum Gasteiger partial charge on any atom is -0.336 e. The molecule has 164 valence electrons. The summed E-state index contributed by atoms with van der Waals surface area (Å²) >= 11 is 1.41. The van der Waals surface area contributed by atoms with Crippen LogP contribution in [0.5, 0.6) is 0 Å². The molecule has 0 spiro atoms. The van der Waals surface area contributed by atoms with Crippen molar-refractivity contribution in [3.05, 3.63) is 35.9 Å². The molecule has 1 aromatic carbocycles. The molecule has 30 heavy (non-hydrogen) atoms. The van der Waals surface area contributed by atoms with Gasteiger partial charge >= 0.3 is 0 Å². The molecule has 1 aliphatic rings. The first-order chi connectivity index (χ1) is 14.2. The Hall–Kier alpha value is -1.93. The van der Waals surface area contributed by atoms with Gasteiger partial charge in [0.25, 0.3) is 0 Å². The van der Waals surface area contributed by atoms with E-state index in [2.05, 4.69) is 24.0 Å². The van der Waals surface area contributed by atoms with E-state index in [1.807, 2.05) is 42.3 Å². The van der Waals surface area contributed by atoms with Crippen molar-refractivity contribution >= 4 is 17.7 Å². The molecule has 1 fully saturated rings. The summed E-state index contributed by atoms with van der Waals surface area (Å²) in [5, 5.41) is 9.18. The quantitative estimate of drug-likeness (QED) is 0.636. The number of nitrogens with zero attached hydrogens (tertiary/aromatic N) is 5. The monoisotopic (exact) mass is 433 g/mol. The molecule has 1 aliphatic heterocycles. The summed E-state index contributed by atoms with van der Waals surface area (Å²) in [6.07, 6.45) is 3.26. The third-order valence-electron chi connectivity index (χ3n) is 5.97. The van der Waals surface area contributed by atoms with Gasteiger partial charge in [0.15, 0.2) is 11.0 Å². The van der Waals surface area contributed by atoms with Crippen molar-refractivity contribution in [3.8, 4) is 5.69 Å². The van der Waals surface area contributed by atoms with E-state index in [1.54, 1.807) is 12.1 Å². The third-order valence-corrected chi connectivity index (χ3v) is 7.00. The normalized spacial score (nSPS) is 21.7. The molecule has 0 unspecified atom stereocenters. The van der Waals surface area contributed by atoms with Crippen LogP contribution in [0.1, 0.15) is 58.8 Å². The maximum Gasteiger partial charge on any atom is 0.236 e. The van der Waals surface area contributed by atoms with Crippen LogP contribution in [0.15, 0.2) is 29.4 Å². The molecule has 0 aliphatic carbocycles. The van der Waals surface area contributed by atoms with E-state index in [-0.39, 0.29) is 35.1 Å². The van der Waals surface area contributed by atoms with E-state index < -0.39 is 0 Å². The van der Waals surface area contributed by atoms with Crippen molar-refractivity contribution in [3.63, 3.8) is 0 Å². The first kappa shape index (κ1) is 22.7. The van der Waals surface area contributed by atoms with E-state index in [0.717, 1.165) is 30.8 Å². The third kappa shape index (κ3) is 4.70. The highest BCUT2D eigenvalue weighted by Gasteiger charge is 2.33. The van der Waals surface area contributed by atoms with Gasteiger partial charge in [0, 0.05) is 17.8 Å². The Morgan fingerprint density at radius 1 is 1.13 bits per heavy atom. The van der Waals surface area contributed by atoms with Gasteiger partial charge in [-0.15, -0.1) is 10.2 Å². The van der Waals surface area contributed by atoms with Gasteiger partial charge in [0.2, 0.25) is 5.91 Å². The zero-order valence-electron chi connectivity index (χ0n) is 18.7. The summed E-state index contributed by atoms with van der Waals surface area (Å²) < 4.78 is 15.4. The number of likely N-dealkylation sites (tertiary alicyclic amines) is 1. The number of benzene rings is 1. The Morgan fingerprint density at radius 3 is 2.30 bits per heavy atom. The standard InChI is InChI=1S/C22H32FN5OS/c1-14-8-7-9-15(2)27(14)21(29)17(4)30-22-25-24-20(16(3)26(5)6)28(22)19-12-10-18(23)11-13-19/h10-17H,7-9H2,1-6H3/t14-,15+,16-,17+/m1/s1. The molecule has 0 N–H and O–H groups in total. The molecule has 1 aromatic heterocycles. The minimum absolute atomic E-state index is 0.00468. The van der Waals surface area contributed by atoms with E-state index in [1.165, 1.54) is 23.9 Å². The summed E-state index contributed by atoms with van der Waals surface area (Å²) in [6, 6.07) is 6.81. The first-order valence-corrected chi connectivity index (χ1v) is 11.4. The first-order valence-electron chi connectivity index (χ1n) is 10.6. The number of halogens is 1. The van der Waals surface area contributed by atoms with Crippen LogP contribution in [0.4, 0.5) is 4.39 Å². The van der Waals surface area contributed by atoms with Crippen LogP contribution < -0.4 is 0 Å². The molecule has 2 heterocycles. The van der Waals surface area contributed by atoms with Gasteiger partial charge in [-0.3, -0.25) is 14.3 Å². The number of rotatable bonds is 6. The van der Waals surface area contributed by atoms with Crippen LogP contribution in [0.2, 0.25) is 0 Å². The Balaban J connectivity index is 1.91. The molecule has 2 aromatic rings. The number of piperidine rings is 1. The highest BCUT2D eigenvalue weighted by Crippen LogP contribution is 2.32. The van der Waals surface area contributed by atoms with Crippen LogP contribution in [0.25, 0.3) is 5.69 Å². The lowest BCUT2D eigenvalue weighted by Gasteiger charge is -2.40. The van der Waals surface area contributed by atoms with Crippen molar-refractivity contribution in [1.29, 1.82) is 0 Å². The lowest BCUT2D eigenvalue weighted by atomic mass is 9.97. The van der Waals surface area contributed by atoms with Crippen LogP contribution >= 0.6 is 11.8 Å². The predicted molar refractivity (Wildman–Crippen MR) is 118 cm³/mol. The second-order valence-electron chi connectivity index (χ2n) is 8.43. The SMILES string of the molecule is C[C@H](Sc1nnc([C@@H](C)N(C)C)n1-c1ccc(F)cc1)C(=O)N1[C@H](C)CCC[C@@H]1C. The van der Waals surface area contributed by atoms with Crippen molar-refractivity contribution < 1.29 is 9.18 Å². The Kier molecular flexibility index (Phi) is 7.18. The fourth-order valence-electron chi connectivity index (χ4n) is 3.97. The van der Waals surface area contributed by atoms with Crippen LogP contribution in [-0.4, -0.2) is 61.9 Å². The molecule has 3 rings (SSSR count). The molecule has 8 heteroatoms. The Bertz CT molecular complexity index is 859. The van der Waals surface area contributed by atoms with Crippen LogP contribution in [-0.2, 0) is 4.79 Å². The van der Waals surface area contributed by atoms with Crippen LogP contribution in [0, 0.1) is 5.82 Å². The maximum absolute atomic E-state index is 13.5. The lowest BCUT2D eigenvalue weighted by molar-refractivity contribution is -0.136. The molecule has 1 saturated heterocycles. The highest BCUT2D eigenvalue weighted by molar-refractivity contribution is 8.00. The fourth-order valence-corrected chi connectivity index (χ4v) is 4.90.